The van der Waals surface area contributed by atoms with E-state index in [1.807, 2.05) is 12.3 Å². The molecule has 1 aliphatic rings. The second kappa shape index (κ2) is 6.39. The number of nitrogens with two attached hydrogens (primary N) is 1. The van der Waals surface area contributed by atoms with Crippen molar-refractivity contribution in [1.82, 2.24) is 4.90 Å². The molecule has 0 saturated heterocycles. The normalized spacial score (nSPS) is 26.4. The standard InChI is InChI=1S/C15H26N2O/c1-12-3-5-14(6-4-12)15(9-16)17(2)10-13-7-8-18-11-13/h7-8,11-12,14-15H,3-6,9-10,16H2,1-2H3. The van der Waals surface area contributed by atoms with Crippen LogP contribution in [-0.2, 0) is 6.54 Å². The van der Waals surface area contributed by atoms with Gasteiger partial charge in [0.05, 0.1) is 12.5 Å². The minimum absolute atomic E-state index is 0.507. The van der Waals surface area contributed by atoms with Crippen LogP contribution < -0.4 is 5.73 Å². The Morgan fingerprint density at radius 3 is 2.67 bits per heavy atom. The van der Waals surface area contributed by atoms with E-state index in [9.17, 15) is 0 Å². The van der Waals surface area contributed by atoms with E-state index >= 15 is 0 Å². The maximum atomic E-state index is 6.00. The number of rotatable bonds is 5. The van der Waals surface area contributed by atoms with Gasteiger partial charge in [0.2, 0.25) is 0 Å². The third kappa shape index (κ3) is 3.36. The van der Waals surface area contributed by atoms with Crippen molar-refractivity contribution in [3.8, 4) is 0 Å². The van der Waals surface area contributed by atoms with Crippen LogP contribution in [0.4, 0.5) is 0 Å². The molecule has 1 fully saturated rings. The van der Waals surface area contributed by atoms with Crippen molar-refractivity contribution in [3.05, 3.63) is 24.2 Å². The minimum Gasteiger partial charge on any atom is -0.472 e. The van der Waals surface area contributed by atoms with Crippen molar-refractivity contribution in [2.75, 3.05) is 13.6 Å². The first-order valence-corrected chi connectivity index (χ1v) is 7.12. The average Bonchev–Trinajstić information content (AvgIpc) is 2.85. The molecule has 1 unspecified atom stereocenters. The summed E-state index contributed by atoms with van der Waals surface area (Å²) in [6, 6.07) is 2.54. The highest BCUT2D eigenvalue weighted by molar-refractivity contribution is 5.05. The maximum absolute atomic E-state index is 6.00. The monoisotopic (exact) mass is 250 g/mol. The summed E-state index contributed by atoms with van der Waals surface area (Å²) < 4.78 is 5.13. The smallest absolute Gasteiger partial charge is 0.0947 e. The molecule has 2 rings (SSSR count). The van der Waals surface area contributed by atoms with Gasteiger partial charge in [-0.3, -0.25) is 4.90 Å². The van der Waals surface area contributed by atoms with Crippen LogP contribution in [0.25, 0.3) is 0 Å². The summed E-state index contributed by atoms with van der Waals surface area (Å²) in [6.45, 7) is 4.06. The van der Waals surface area contributed by atoms with Gasteiger partial charge in [0.15, 0.2) is 0 Å². The van der Waals surface area contributed by atoms with E-state index in [2.05, 4.69) is 18.9 Å². The summed E-state index contributed by atoms with van der Waals surface area (Å²) in [5, 5.41) is 0. The van der Waals surface area contributed by atoms with Crippen molar-refractivity contribution >= 4 is 0 Å². The third-order valence-corrected chi connectivity index (χ3v) is 4.42. The Kier molecular flexibility index (Phi) is 4.84. The average molecular weight is 250 g/mol. The Bertz CT molecular complexity index is 328. The summed E-state index contributed by atoms with van der Waals surface area (Å²) in [4.78, 5) is 2.39. The molecule has 0 spiro atoms. The molecule has 1 aromatic rings. The zero-order chi connectivity index (χ0) is 13.0. The molecule has 0 aromatic carbocycles. The number of furan rings is 1. The topological polar surface area (TPSA) is 42.4 Å². The minimum atomic E-state index is 0.507. The summed E-state index contributed by atoms with van der Waals surface area (Å²) in [5.41, 5.74) is 7.24. The fraction of sp³-hybridized carbons (Fsp3) is 0.733. The fourth-order valence-corrected chi connectivity index (χ4v) is 3.19. The first kappa shape index (κ1) is 13.6. The van der Waals surface area contributed by atoms with E-state index < -0.39 is 0 Å². The summed E-state index contributed by atoms with van der Waals surface area (Å²) in [6.07, 6.45) is 8.95. The van der Waals surface area contributed by atoms with Gasteiger partial charge in [-0.05, 0) is 37.8 Å². The molecule has 1 aliphatic carbocycles. The lowest BCUT2D eigenvalue weighted by Gasteiger charge is -2.37. The molecule has 18 heavy (non-hydrogen) atoms. The Morgan fingerprint density at radius 2 is 2.11 bits per heavy atom. The lowest BCUT2D eigenvalue weighted by molar-refractivity contribution is 0.130. The molecule has 102 valence electrons. The highest BCUT2D eigenvalue weighted by Crippen LogP contribution is 2.32. The van der Waals surface area contributed by atoms with Crippen LogP contribution in [0.5, 0.6) is 0 Å². The molecular weight excluding hydrogens is 224 g/mol. The van der Waals surface area contributed by atoms with Crippen molar-refractivity contribution in [2.45, 2.75) is 45.2 Å². The molecule has 0 amide bonds. The molecule has 1 heterocycles. The van der Waals surface area contributed by atoms with Crippen molar-refractivity contribution in [2.24, 2.45) is 17.6 Å². The fourth-order valence-electron chi connectivity index (χ4n) is 3.19. The Labute approximate surface area is 110 Å². The van der Waals surface area contributed by atoms with E-state index in [-0.39, 0.29) is 0 Å². The largest absolute Gasteiger partial charge is 0.472 e. The number of nitrogens with zero attached hydrogens (tertiary/aromatic N) is 1. The Hall–Kier alpha value is -0.800. The Balaban J connectivity index is 1.91. The van der Waals surface area contributed by atoms with E-state index in [4.69, 9.17) is 10.2 Å². The first-order chi connectivity index (χ1) is 8.70. The van der Waals surface area contributed by atoms with E-state index in [1.54, 1.807) is 6.26 Å². The molecule has 0 bridgehead atoms. The maximum Gasteiger partial charge on any atom is 0.0947 e. The molecule has 2 N–H and O–H groups in total. The van der Waals surface area contributed by atoms with Gasteiger partial charge in [-0.25, -0.2) is 0 Å². The predicted octanol–water partition coefficient (Wildman–Crippen LogP) is 2.87. The quantitative estimate of drug-likeness (QED) is 0.873. The lowest BCUT2D eigenvalue weighted by atomic mass is 9.79. The highest BCUT2D eigenvalue weighted by Gasteiger charge is 2.27. The predicted molar refractivity (Wildman–Crippen MR) is 74.1 cm³/mol. The summed E-state index contributed by atoms with van der Waals surface area (Å²) in [5.74, 6) is 1.67. The van der Waals surface area contributed by atoms with Gasteiger partial charge in [0.1, 0.15) is 0 Å². The molecule has 1 saturated carbocycles. The van der Waals surface area contributed by atoms with E-state index in [0.717, 1.165) is 24.9 Å². The SMILES string of the molecule is CC1CCC(C(CN)N(C)Cc2ccoc2)CC1. The Morgan fingerprint density at radius 1 is 1.39 bits per heavy atom. The zero-order valence-electron chi connectivity index (χ0n) is 11.6. The lowest BCUT2D eigenvalue weighted by Crippen LogP contribution is -2.44. The van der Waals surface area contributed by atoms with E-state index in [1.165, 1.54) is 31.2 Å². The summed E-state index contributed by atoms with van der Waals surface area (Å²) >= 11 is 0. The van der Waals surface area contributed by atoms with Crippen molar-refractivity contribution in [1.29, 1.82) is 0 Å². The molecule has 0 radical (unpaired) electrons. The van der Waals surface area contributed by atoms with Gasteiger partial charge in [-0.1, -0.05) is 19.8 Å². The van der Waals surface area contributed by atoms with Crippen LogP contribution in [0.3, 0.4) is 0 Å². The van der Waals surface area contributed by atoms with Crippen molar-refractivity contribution in [3.63, 3.8) is 0 Å². The van der Waals surface area contributed by atoms with Crippen LogP contribution in [0.15, 0.2) is 23.0 Å². The van der Waals surface area contributed by atoms with Gasteiger partial charge < -0.3 is 10.2 Å². The second-order valence-electron chi connectivity index (χ2n) is 5.87. The zero-order valence-corrected chi connectivity index (χ0v) is 11.6. The van der Waals surface area contributed by atoms with Gasteiger partial charge in [0.25, 0.3) is 0 Å². The van der Waals surface area contributed by atoms with E-state index in [0.29, 0.717) is 6.04 Å². The van der Waals surface area contributed by atoms with Crippen LogP contribution in [0, 0.1) is 11.8 Å². The summed E-state index contributed by atoms with van der Waals surface area (Å²) in [7, 11) is 2.18. The van der Waals surface area contributed by atoms with Crippen LogP contribution in [0.1, 0.15) is 38.2 Å². The van der Waals surface area contributed by atoms with Crippen LogP contribution in [-0.4, -0.2) is 24.5 Å². The molecule has 0 aliphatic heterocycles. The van der Waals surface area contributed by atoms with Gasteiger partial charge in [0, 0.05) is 24.7 Å². The highest BCUT2D eigenvalue weighted by atomic mass is 16.3. The third-order valence-electron chi connectivity index (χ3n) is 4.42. The first-order valence-electron chi connectivity index (χ1n) is 7.12. The second-order valence-corrected chi connectivity index (χ2v) is 5.87. The van der Waals surface area contributed by atoms with Gasteiger partial charge >= 0.3 is 0 Å². The number of likely N-dealkylation sites (N-methyl/N-ethyl adjacent to an activating group) is 1. The van der Waals surface area contributed by atoms with Crippen LogP contribution in [0.2, 0.25) is 0 Å². The number of hydrogen-bond donors (Lipinski definition) is 1. The number of hydrogen-bond acceptors (Lipinski definition) is 3. The molecule has 3 nitrogen and oxygen atoms in total. The molecular formula is C15H26N2O. The van der Waals surface area contributed by atoms with Crippen molar-refractivity contribution < 1.29 is 4.42 Å². The molecule has 1 aromatic heterocycles. The van der Waals surface area contributed by atoms with Gasteiger partial charge in [-0.2, -0.15) is 0 Å². The molecule has 1 atom stereocenters. The molecule has 3 heteroatoms. The van der Waals surface area contributed by atoms with Gasteiger partial charge in [-0.15, -0.1) is 0 Å². The van der Waals surface area contributed by atoms with Crippen LogP contribution >= 0.6 is 0 Å².